The van der Waals surface area contributed by atoms with Crippen molar-refractivity contribution in [3.05, 3.63) is 42.7 Å². The van der Waals surface area contributed by atoms with E-state index in [1.54, 1.807) is 37.1 Å². The summed E-state index contributed by atoms with van der Waals surface area (Å²) in [5.74, 6) is 0.238. The van der Waals surface area contributed by atoms with Crippen molar-refractivity contribution in [3.63, 3.8) is 0 Å². The van der Waals surface area contributed by atoms with Crippen LogP contribution in [0.3, 0.4) is 0 Å². The summed E-state index contributed by atoms with van der Waals surface area (Å²) < 4.78 is 7.61. The molecular weight excluding hydrogens is 344 g/mol. The first-order valence-corrected chi connectivity index (χ1v) is 9.34. The number of likely N-dealkylation sites (N-methyl/N-ethyl adjacent to an activating group) is 1. The highest BCUT2D eigenvalue weighted by molar-refractivity contribution is 5.96. The summed E-state index contributed by atoms with van der Waals surface area (Å²) in [5.41, 5.74) is 0.635. The minimum absolute atomic E-state index is 0.0395. The first-order valence-electron chi connectivity index (χ1n) is 9.34. The van der Waals surface area contributed by atoms with Crippen molar-refractivity contribution in [2.24, 2.45) is 0 Å². The Balaban J connectivity index is 1.58. The number of ether oxygens (including phenoxy) is 1. The molecule has 0 bridgehead atoms. The molecular formula is C20H26N4O3. The molecule has 7 heteroatoms. The van der Waals surface area contributed by atoms with Crippen LogP contribution in [-0.2, 0) is 9.59 Å². The molecule has 0 radical (unpaired) electrons. The summed E-state index contributed by atoms with van der Waals surface area (Å²) in [6, 6.07) is 8.72. The van der Waals surface area contributed by atoms with E-state index in [1.807, 2.05) is 24.3 Å². The van der Waals surface area contributed by atoms with Gasteiger partial charge in [-0.15, -0.1) is 0 Å². The number of carbonyl (C=O) groups is 2. The number of amides is 2. The van der Waals surface area contributed by atoms with Gasteiger partial charge in [0.2, 0.25) is 11.8 Å². The molecule has 1 atom stereocenters. The average Bonchev–Trinajstić information content (AvgIpc) is 3.36. The second kappa shape index (κ2) is 8.70. The number of nitrogens with zero attached hydrogens (tertiary/aromatic N) is 3. The molecule has 3 rings (SSSR count). The van der Waals surface area contributed by atoms with Crippen LogP contribution < -0.4 is 10.1 Å². The first-order chi connectivity index (χ1) is 13.0. The van der Waals surface area contributed by atoms with Crippen LogP contribution in [0.25, 0.3) is 0 Å². The Hall–Kier alpha value is -2.83. The van der Waals surface area contributed by atoms with Crippen molar-refractivity contribution in [1.29, 1.82) is 0 Å². The van der Waals surface area contributed by atoms with Gasteiger partial charge in [-0.05, 0) is 50.8 Å². The Morgan fingerprint density at radius 3 is 2.74 bits per heavy atom. The topological polar surface area (TPSA) is 76.5 Å². The predicted octanol–water partition coefficient (Wildman–Crippen LogP) is 2.86. The van der Waals surface area contributed by atoms with Gasteiger partial charge in [0.1, 0.15) is 11.8 Å². The zero-order valence-corrected chi connectivity index (χ0v) is 15.8. The Kier molecular flexibility index (Phi) is 6.11. The van der Waals surface area contributed by atoms with Crippen molar-refractivity contribution in [3.8, 4) is 5.75 Å². The third kappa shape index (κ3) is 4.87. The lowest BCUT2D eigenvalue weighted by molar-refractivity contribution is -0.136. The van der Waals surface area contributed by atoms with Crippen LogP contribution in [0.1, 0.15) is 38.6 Å². The molecule has 2 aromatic rings. The molecule has 144 valence electrons. The van der Waals surface area contributed by atoms with Gasteiger partial charge in [0.15, 0.2) is 0 Å². The van der Waals surface area contributed by atoms with E-state index in [2.05, 4.69) is 10.4 Å². The maximum absolute atomic E-state index is 12.5. The monoisotopic (exact) mass is 370 g/mol. The number of benzene rings is 1. The smallest absolute Gasteiger partial charge is 0.247 e. The quantitative estimate of drug-likeness (QED) is 0.813. The summed E-state index contributed by atoms with van der Waals surface area (Å²) >= 11 is 0. The molecule has 0 spiro atoms. The van der Waals surface area contributed by atoms with Crippen LogP contribution >= 0.6 is 0 Å². The summed E-state index contributed by atoms with van der Waals surface area (Å²) in [5, 5.41) is 6.94. The van der Waals surface area contributed by atoms with Gasteiger partial charge in [-0.1, -0.05) is 12.1 Å². The molecule has 2 amide bonds. The molecule has 0 aliphatic heterocycles. The summed E-state index contributed by atoms with van der Waals surface area (Å²) in [6.45, 7) is 1.72. The van der Waals surface area contributed by atoms with Crippen molar-refractivity contribution in [2.75, 3.05) is 18.9 Å². The number of aromatic nitrogens is 2. The first kappa shape index (κ1) is 18.9. The maximum atomic E-state index is 12.5. The Bertz CT molecular complexity index is 769. The number of nitrogens with one attached hydrogen (secondary N) is 1. The third-order valence-electron chi connectivity index (χ3n) is 4.79. The molecule has 1 aliphatic carbocycles. The van der Waals surface area contributed by atoms with Crippen molar-refractivity contribution in [2.45, 2.75) is 44.8 Å². The maximum Gasteiger partial charge on any atom is 0.247 e. The van der Waals surface area contributed by atoms with Crippen molar-refractivity contribution in [1.82, 2.24) is 14.7 Å². The fourth-order valence-corrected chi connectivity index (χ4v) is 3.28. The molecule has 1 saturated carbocycles. The predicted molar refractivity (Wildman–Crippen MR) is 103 cm³/mol. The van der Waals surface area contributed by atoms with E-state index in [0.29, 0.717) is 11.4 Å². The number of rotatable bonds is 7. The van der Waals surface area contributed by atoms with Gasteiger partial charge < -0.3 is 15.0 Å². The van der Waals surface area contributed by atoms with Crippen LogP contribution in [-0.4, -0.2) is 46.2 Å². The highest BCUT2D eigenvalue weighted by Crippen LogP contribution is 2.29. The van der Waals surface area contributed by atoms with Gasteiger partial charge in [0.05, 0.1) is 18.3 Å². The molecule has 1 fully saturated rings. The minimum Gasteiger partial charge on any atom is -0.488 e. The van der Waals surface area contributed by atoms with Gasteiger partial charge >= 0.3 is 0 Å². The number of hydrogen-bond acceptors (Lipinski definition) is 4. The van der Waals surface area contributed by atoms with E-state index < -0.39 is 6.04 Å². The van der Waals surface area contributed by atoms with E-state index in [4.69, 9.17) is 4.74 Å². The molecule has 1 aromatic carbocycles. The van der Waals surface area contributed by atoms with Gasteiger partial charge in [0.25, 0.3) is 0 Å². The zero-order valence-electron chi connectivity index (χ0n) is 15.8. The third-order valence-corrected chi connectivity index (χ3v) is 4.79. The van der Waals surface area contributed by atoms with Crippen molar-refractivity contribution < 1.29 is 14.3 Å². The molecule has 0 saturated heterocycles. The fraction of sp³-hybridized carbons (Fsp3) is 0.450. The molecule has 1 N–H and O–H groups in total. The van der Waals surface area contributed by atoms with Crippen LogP contribution in [0, 0.1) is 0 Å². The fourth-order valence-electron chi connectivity index (χ4n) is 3.28. The van der Waals surface area contributed by atoms with E-state index in [-0.39, 0.29) is 24.5 Å². The summed E-state index contributed by atoms with van der Waals surface area (Å²) in [4.78, 5) is 26.3. The molecule has 27 heavy (non-hydrogen) atoms. The largest absolute Gasteiger partial charge is 0.488 e. The van der Waals surface area contributed by atoms with Gasteiger partial charge in [-0.2, -0.15) is 5.10 Å². The Labute approximate surface area is 159 Å². The van der Waals surface area contributed by atoms with E-state index >= 15 is 0 Å². The van der Waals surface area contributed by atoms with Crippen LogP contribution in [0.2, 0.25) is 0 Å². The SMILES string of the molecule is C[C@H](C(=O)N(C)CC(=O)Nc1ccccc1OC1CCCC1)n1cccn1. The van der Waals surface area contributed by atoms with E-state index in [9.17, 15) is 9.59 Å². The lowest BCUT2D eigenvalue weighted by atomic mass is 10.2. The van der Waals surface area contributed by atoms with Gasteiger partial charge in [-0.3, -0.25) is 14.3 Å². The standard InChI is InChI=1S/C20H26N4O3/c1-15(24-13-7-12-21-24)20(26)23(2)14-19(25)22-17-10-5-6-11-18(17)27-16-8-3-4-9-16/h5-7,10-13,15-16H,3-4,8-9,14H2,1-2H3,(H,22,25)/t15-/m1/s1. The molecule has 1 aliphatic rings. The van der Waals surface area contributed by atoms with Gasteiger partial charge in [-0.25, -0.2) is 0 Å². The van der Waals surface area contributed by atoms with Crippen molar-refractivity contribution >= 4 is 17.5 Å². The number of anilines is 1. The Morgan fingerprint density at radius 2 is 2.04 bits per heavy atom. The van der Waals surface area contributed by atoms with Crippen LogP contribution in [0.5, 0.6) is 5.75 Å². The number of para-hydroxylation sites is 2. The second-order valence-corrected chi connectivity index (χ2v) is 6.92. The van der Waals surface area contributed by atoms with Crippen LogP contribution in [0.4, 0.5) is 5.69 Å². The van der Waals surface area contributed by atoms with E-state index in [1.165, 1.54) is 17.7 Å². The highest BCUT2D eigenvalue weighted by Gasteiger charge is 2.22. The zero-order chi connectivity index (χ0) is 19.2. The lowest BCUT2D eigenvalue weighted by Crippen LogP contribution is -2.38. The molecule has 1 aromatic heterocycles. The highest BCUT2D eigenvalue weighted by atomic mass is 16.5. The number of hydrogen-bond donors (Lipinski definition) is 1. The second-order valence-electron chi connectivity index (χ2n) is 6.92. The Morgan fingerprint density at radius 1 is 1.30 bits per heavy atom. The normalized spacial score (nSPS) is 15.3. The molecule has 1 heterocycles. The summed E-state index contributed by atoms with van der Waals surface area (Å²) in [7, 11) is 1.61. The minimum atomic E-state index is -0.462. The summed E-state index contributed by atoms with van der Waals surface area (Å²) in [6.07, 6.45) is 8.02. The van der Waals surface area contributed by atoms with Gasteiger partial charge in [0, 0.05) is 19.4 Å². The van der Waals surface area contributed by atoms with E-state index in [0.717, 1.165) is 12.8 Å². The average molecular weight is 370 g/mol. The lowest BCUT2D eigenvalue weighted by Gasteiger charge is -2.22. The number of carbonyl (C=O) groups excluding carboxylic acids is 2. The van der Waals surface area contributed by atoms with Crippen LogP contribution in [0.15, 0.2) is 42.7 Å². The molecule has 0 unspecified atom stereocenters. The molecule has 7 nitrogen and oxygen atoms in total.